The Labute approximate surface area is 168 Å². The summed E-state index contributed by atoms with van der Waals surface area (Å²) in [5.74, 6) is 0.467. The molecular weight excluding hydrogens is 360 g/mol. The predicted molar refractivity (Wildman–Crippen MR) is 113 cm³/mol. The van der Waals surface area contributed by atoms with Gasteiger partial charge in [-0.2, -0.15) is 0 Å². The molecule has 0 rings (SSSR count). The van der Waals surface area contributed by atoms with Gasteiger partial charge in [0.15, 0.2) is 0 Å². The van der Waals surface area contributed by atoms with E-state index in [9.17, 15) is 4.79 Å². The maximum absolute atomic E-state index is 11.9. The minimum Gasteiger partial charge on any atom is -0.465 e. The third kappa shape index (κ3) is 13.4. The first-order valence-electron chi connectivity index (χ1n) is 11.1. The van der Waals surface area contributed by atoms with Crippen molar-refractivity contribution < 1.29 is 22.8 Å². The molecule has 27 heavy (non-hydrogen) atoms. The second kappa shape index (κ2) is 17.7. The van der Waals surface area contributed by atoms with Crippen molar-refractivity contribution in [1.82, 2.24) is 0 Å². The van der Waals surface area contributed by atoms with Gasteiger partial charge in [0, 0.05) is 32.3 Å². The number of rotatable bonds is 19. The normalized spacial score (nSPS) is 12.9. The van der Waals surface area contributed by atoms with Crippen LogP contribution >= 0.6 is 0 Å². The van der Waals surface area contributed by atoms with Gasteiger partial charge in [0.2, 0.25) is 0 Å². The summed E-state index contributed by atoms with van der Waals surface area (Å²) in [6.07, 6.45) is 9.16. The van der Waals surface area contributed by atoms with Gasteiger partial charge in [0.1, 0.15) is 0 Å². The SMILES string of the molecule is CCCCC(CC)COC(=O)CCCCCC[Si](OCC)(OCC)OCC. The van der Waals surface area contributed by atoms with E-state index in [-0.39, 0.29) is 5.97 Å². The second-order valence-corrected chi connectivity index (χ2v) is 9.73. The lowest BCUT2D eigenvalue weighted by molar-refractivity contribution is -0.145. The van der Waals surface area contributed by atoms with Crippen LogP contribution in [0.5, 0.6) is 0 Å². The van der Waals surface area contributed by atoms with Crippen LogP contribution in [0.3, 0.4) is 0 Å². The van der Waals surface area contributed by atoms with Gasteiger partial charge in [0.05, 0.1) is 6.61 Å². The number of ether oxygens (including phenoxy) is 1. The molecule has 0 bridgehead atoms. The summed E-state index contributed by atoms with van der Waals surface area (Å²) in [7, 11) is -2.51. The van der Waals surface area contributed by atoms with Crippen molar-refractivity contribution in [2.75, 3.05) is 26.4 Å². The topological polar surface area (TPSA) is 54.0 Å². The summed E-state index contributed by atoms with van der Waals surface area (Å²) in [5.41, 5.74) is 0. The van der Waals surface area contributed by atoms with Crippen LogP contribution in [0.1, 0.15) is 92.4 Å². The zero-order valence-electron chi connectivity index (χ0n) is 18.5. The van der Waals surface area contributed by atoms with Gasteiger partial charge in [-0.25, -0.2) is 0 Å². The van der Waals surface area contributed by atoms with Gasteiger partial charge >= 0.3 is 14.8 Å². The molecule has 0 heterocycles. The molecule has 0 saturated carbocycles. The van der Waals surface area contributed by atoms with Crippen molar-refractivity contribution in [3.05, 3.63) is 0 Å². The molecule has 0 N–H and O–H groups in total. The van der Waals surface area contributed by atoms with Crippen LogP contribution in [0.15, 0.2) is 0 Å². The highest BCUT2D eigenvalue weighted by molar-refractivity contribution is 6.60. The molecule has 6 heteroatoms. The van der Waals surface area contributed by atoms with Crippen LogP contribution < -0.4 is 0 Å². The zero-order chi connectivity index (χ0) is 20.4. The Hall–Kier alpha value is -0.433. The lowest BCUT2D eigenvalue weighted by Gasteiger charge is -2.28. The van der Waals surface area contributed by atoms with Gasteiger partial charge in [-0.3, -0.25) is 4.79 Å². The Balaban J connectivity index is 3.94. The molecule has 0 amide bonds. The van der Waals surface area contributed by atoms with E-state index in [1.54, 1.807) is 0 Å². The number of esters is 1. The summed E-state index contributed by atoms with van der Waals surface area (Å²) in [6.45, 7) is 12.8. The van der Waals surface area contributed by atoms with Crippen LogP contribution in [0, 0.1) is 5.92 Å². The maximum Gasteiger partial charge on any atom is 0.500 e. The Morgan fingerprint density at radius 1 is 0.815 bits per heavy atom. The number of hydrogen-bond acceptors (Lipinski definition) is 5. The lowest BCUT2D eigenvalue weighted by Crippen LogP contribution is -2.45. The maximum atomic E-state index is 11.9. The van der Waals surface area contributed by atoms with Crippen LogP contribution in [0.2, 0.25) is 6.04 Å². The number of hydrogen-bond donors (Lipinski definition) is 0. The second-order valence-electron chi connectivity index (χ2n) is 7.00. The van der Waals surface area contributed by atoms with Crippen molar-refractivity contribution in [1.29, 1.82) is 0 Å². The molecule has 1 unspecified atom stereocenters. The summed E-state index contributed by atoms with van der Waals surface area (Å²) in [5, 5.41) is 0. The van der Waals surface area contributed by atoms with Crippen molar-refractivity contribution in [2.24, 2.45) is 5.92 Å². The third-order valence-electron chi connectivity index (χ3n) is 4.73. The fraction of sp³-hybridized carbons (Fsp3) is 0.952. The van der Waals surface area contributed by atoms with Gasteiger partial charge in [-0.05, 0) is 46.0 Å². The molecule has 0 spiro atoms. The molecule has 0 aromatic heterocycles. The first-order valence-corrected chi connectivity index (χ1v) is 13.1. The summed E-state index contributed by atoms with van der Waals surface area (Å²) in [6, 6.07) is 0.850. The van der Waals surface area contributed by atoms with Gasteiger partial charge < -0.3 is 18.0 Å². The van der Waals surface area contributed by atoms with Crippen molar-refractivity contribution in [2.45, 2.75) is 98.5 Å². The van der Waals surface area contributed by atoms with Gasteiger partial charge in [-0.15, -0.1) is 0 Å². The number of unbranched alkanes of at least 4 members (excludes halogenated alkanes) is 4. The molecule has 0 fully saturated rings. The quantitative estimate of drug-likeness (QED) is 0.156. The van der Waals surface area contributed by atoms with E-state index in [0.717, 1.165) is 44.6 Å². The molecule has 0 saturated heterocycles. The molecule has 0 radical (unpaired) electrons. The van der Waals surface area contributed by atoms with Gasteiger partial charge in [0.25, 0.3) is 0 Å². The standard InChI is InChI=1S/C21H44O5Si/c1-6-11-16-20(7-2)19-23-21(22)17-14-12-13-15-18-27(24-8-3,25-9-4)26-10-5/h20H,6-19H2,1-5H3. The molecular formula is C21H44O5Si. The average Bonchev–Trinajstić information content (AvgIpc) is 2.65. The third-order valence-corrected chi connectivity index (χ3v) is 7.88. The van der Waals surface area contributed by atoms with Crippen molar-refractivity contribution in [3.63, 3.8) is 0 Å². The molecule has 0 aromatic rings. The predicted octanol–water partition coefficient (Wildman–Crippen LogP) is 5.74. The van der Waals surface area contributed by atoms with E-state index in [1.165, 1.54) is 12.8 Å². The van der Waals surface area contributed by atoms with Gasteiger partial charge in [-0.1, -0.05) is 46.0 Å². The molecule has 162 valence electrons. The summed E-state index contributed by atoms with van der Waals surface area (Å²) >= 11 is 0. The Kier molecular flexibility index (Phi) is 17.4. The fourth-order valence-electron chi connectivity index (χ4n) is 3.15. The first kappa shape index (κ1) is 26.6. The summed E-state index contributed by atoms with van der Waals surface area (Å²) in [4.78, 5) is 11.9. The van der Waals surface area contributed by atoms with E-state index in [2.05, 4.69) is 13.8 Å². The highest BCUT2D eigenvalue weighted by Gasteiger charge is 2.39. The van der Waals surface area contributed by atoms with E-state index in [4.69, 9.17) is 18.0 Å². The van der Waals surface area contributed by atoms with Crippen molar-refractivity contribution >= 4 is 14.8 Å². The van der Waals surface area contributed by atoms with Crippen molar-refractivity contribution in [3.8, 4) is 0 Å². The number of carbonyl (C=O) groups excluding carboxylic acids is 1. The van der Waals surface area contributed by atoms with Crippen LogP contribution in [-0.4, -0.2) is 41.2 Å². The molecule has 0 aliphatic carbocycles. The Morgan fingerprint density at radius 3 is 1.93 bits per heavy atom. The van der Waals surface area contributed by atoms with Crippen LogP contribution in [0.25, 0.3) is 0 Å². The fourth-order valence-corrected chi connectivity index (χ4v) is 5.83. The highest BCUT2D eigenvalue weighted by Crippen LogP contribution is 2.20. The van der Waals surface area contributed by atoms with Crippen LogP contribution in [-0.2, 0) is 22.8 Å². The number of carbonyl (C=O) groups is 1. The smallest absolute Gasteiger partial charge is 0.465 e. The minimum atomic E-state index is -2.51. The largest absolute Gasteiger partial charge is 0.500 e. The Morgan fingerprint density at radius 2 is 1.41 bits per heavy atom. The average molecular weight is 405 g/mol. The Bertz CT molecular complexity index is 334. The monoisotopic (exact) mass is 404 g/mol. The summed E-state index contributed by atoms with van der Waals surface area (Å²) < 4.78 is 23.1. The highest BCUT2D eigenvalue weighted by atomic mass is 28.4. The zero-order valence-corrected chi connectivity index (χ0v) is 19.5. The molecule has 1 atom stereocenters. The first-order chi connectivity index (χ1) is 13.1. The van der Waals surface area contributed by atoms with Crippen LogP contribution in [0.4, 0.5) is 0 Å². The minimum absolute atomic E-state index is 0.0494. The molecule has 0 aliphatic heterocycles. The molecule has 0 aliphatic rings. The van der Waals surface area contributed by atoms with E-state index < -0.39 is 8.80 Å². The van der Waals surface area contributed by atoms with E-state index in [0.29, 0.717) is 38.8 Å². The lowest BCUT2D eigenvalue weighted by atomic mass is 10.0. The van der Waals surface area contributed by atoms with E-state index in [1.807, 2.05) is 20.8 Å². The molecule has 5 nitrogen and oxygen atoms in total. The molecule has 0 aromatic carbocycles. The van der Waals surface area contributed by atoms with E-state index >= 15 is 0 Å².